The van der Waals surface area contributed by atoms with E-state index < -0.39 is 4.92 Å². The van der Waals surface area contributed by atoms with Gasteiger partial charge in [0.1, 0.15) is 11.5 Å². The molecule has 1 aromatic heterocycles. The van der Waals surface area contributed by atoms with E-state index in [2.05, 4.69) is 34.4 Å². The van der Waals surface area contributed by atoms with Crippen molar-refractivity contribution in [3.05, 3.63) is 58.3 Å². The molecule has 0 saturated carbocycles. The molecule has 2 N–H and O–H groups in total. The molecule has 30 heavy (non-hydrogen) atoms. The largest absolute Gasteiger partial charge is 0.379 e. The molecule has 2 aromatic rings. The average molecular weight is 413 g/mol. The van der Waals surface area contributed by atoms with Crippen LogP contribution in [0.3, 0.4) is 0 Å². The fourth-order valence-corrected chi connectivity index (χ4v) is 3.46. The monoisotopic (exact) mass is 413 g/mol. The van der Waals surface area contributed by atoms with E-state index in [9.17, 15) is 14.9 Å². The van der Waals surface area contributed by atoms with Crippen LogP contribution >= 0.6 is 0 Å². The van der Waals surface area contributed by atoms with Crippen molar-refractivity contribution in [1.29, 1.82) is 0 Å². The van der Waals surface area contributed by atoms with Gasteiger partial charge in [-0.25, -0.2) is 4.98 Å². The van der Waals surface area contributed by atoms with Crippen molar-refractivity contribution in [2.24, 2.45) is 0 Å². The third-order valence-electron chi connectivity index (χ3n) is 4.81. The lowest BCUT2D eigenvalue weighted by atomic mass is 10.2. The average Bonchev–Trinajstić information content (AvgIpc) is 2.72. The molecule has 1 amide bonds. The number of rotatable bonds is 8. The van der Waals surface area contributed by atoms with Crippen LogP contribution in [0, 0.1) is 10.1 Å². The molecule has 0 spiro atoms. The van der Waals surface area contributed by atoms with E-state index in [0.717, 1.165) is 24.5 Å². The first-order valence-corrected chi connectivity index (χ1v) is 10.0. The molecule has 160 valence electrons. The summed E-state index contributed by atoms with van der Waals surface area (Å²) in [7, 11) is 0. The van der Waals surface area contributed by atoms with Gasteiger partial charge in [-0.05, 0) is 31.5 Å². The molecule has 2 unspecified atom stereocenters. The summed E-state index contributed by atoms with van der Waals surface area (Å²) in [6.45, 7) is 6.41. The fraction of sp³-hybridized carbons (Fsp3) is 0.429. The van der Waals surface area contributed by atoms with Crippen LogP contribution in [0.4, 0.5) is 17.2 Å². The Morgan fingerprint density at radius 3 is 2.63 bits per heavy atom. The van der Waals surface area contributed by atoms with Crippen LogP contribution in [-0.2, 0) is 16.1 Å². The maximum atomic E-state index is 12.1. The normalized spacial score (nSPS) is 18.7. The maximum absolute atomic E-state index is 12.1. The summed E-state index contributed by atoms with van der Waals surface area (Å²) < 4.78 is 5.75. The Morgan fingerprint density at radius 1 is 1.23 bits per heavy atom. The van der Waals surface area contributed by atoms with Crippen molar-refractivity contribution in [2.75, 3.05) is 29.9 Å². The van der Waals surface area contributed by atoms with Crippen LogP contribution in [0.15, 0.2) is 42.6 Å². The molecule has 3 rings (SSSR count). The molecular formula is C21H27N5O4. The van der Waals surface area contributed by atoms with E-state index in [0.29, 0.717) is 18.8 Å². The van der Waals surface area contributed by atoms with Gasteiger partial charge in [0, 0.05) is 44.9 Å². The highest BCUT2D eigenvalue weighted by atomic mass is 16.6. The van der Waals surface area contributed by atoms with Crippen molar-refractivity contribution in [2.45, 2.75) is 39.0 Å². The number of ether oxygens (including phenoxy) is 1. The molecule has 0 aliphatic carbocycles. The first-order valence-electron chi connectivity index (χ1n) is 10.0. The Kier molecular flexibility index (Phi) is 7.18. The van der Waals surface area contributed by atoms with E-state index in [-0.39, 0.29) is 30.2 Å². The number of hydrogen-bond donors (Lipinski definition) is 2. The predicted octanol–water partition coefficient (Wildman–Crippen LogP) is 2.72. The number of aromatic nitrogens is 1. The van der Waals surface area contributed by atoms with Gasteiger partial charge in [0.25, 0.3) is 5.69 Å². The summed E-state index contributed by atoms with van der Waals surface area (Å²) in [6, 6.07) is 10.3. The zero-order valence-corrected chi connectivity index (χ0v) is 17.2. The molecule has 9 nitrogen and oxygen atoms in total. The van der Waals surface area contributed by atoms with Gasteiger partial charge in [-0.1, -0.05) is 18.2 Å². The molecule has 1 fully saturated rings. The molecule has 1 aromatic carbocycles. The first kappa shape index (κ1) is 21.5. The van der Waals surface area contributed by atoms with Crippen molar-refractivity contribution >= 4 is 23.1 Å². The number of pyridine rings is 1. The summed E-state index contributed by atoms with van der Waals surface area (Å²) in [5, 5.41) is 16.8. The van der Waals surface area contributed by atoms with Crippen molar-refractivity contribution in [1.82, 2.24) is 10.3 Å². The van der Waals surface area contributed by atoms with E-state index in [1.54, 1.807) is 24.4 Å². The summed E-state index contributed by atoms with van der Waals surface area (Å²) in [6.07, 6.45) is 2.31. The van der Waals surface area contributed by atoms with Gasteiger partial charge in [0.05, 0.1) is 17.1 Å². The number of nitrogens with one attached hydrogen (secondary N) is 2. The molecular weight excluding hydrogens is 386 g/mol. The second-order valence-electron chi connectivity index (χ2n) is 7.41. The van der Waals surface area contributed by atoms with Crippen LogP contribution in [0.5, 0.6) is 0 Å². The maximum Gasteiger partial charge on any atom is 0.292 e. The number of hydrogen-bond acceptors (Lipinski definition) is 7. The minimum atomic E-state index is -0.447. The number of amides is 1. The van der Waals surface area contributed by atoms with Crippen molar-refractivity contribution in [3.63, 3.8) is 0 Å². The van der Waals surface area contributed by atoms with E-state index in [4.69, 9.17) is 4.74 Å². The topological polar surface area (TPSA) is 110 Å². The molecule has 9 heteroatoms. The standard InChI is InChI=1S/C21H27N5O4/c1-15-13-25(14-16(2)30-15)20-8-7-17(11-23-20)12-24-21(27)9-10-22-18-5-3-4-6-19(18)26(28)29/h3-8,11,15-16,22H,9-10,12-14H2,1-2H3,(H,24,27). The smallest absolute Gasteiger partial charge is 0.292 e. The second kappa shape index (κ2) is 10.0. The van der Waals surface area contributed by atoms with Gasteiger partial charge >= 0.3 is 0 Å². The molecule has 0 bridgehead atoms. The van der Waals surface area contributed by atoms with E-state index >= 15 is 0 Å². The van der Waals surface area contributed by atoms with Gasteiger partial charge in [-0.3, -0.25) is 14.9 Å². The Hall–Kier alpha value is -3.20. The van der Waals surface area contributed by atoms with Crippen molar-refractivity contribution in [3.8, 4) is 0 Å². The zero-order chi connectivity index (χ0) is 21.5. The molecule has 0 radical (unpaired) electrons. The Balaban J connectivity index is 1.43. The third-order valence-corrected chi connectivity index (χ3v) is 4.81. The van der Waals surface area contributed by atoms with Crippen LogP contribution in [-0.4, -0.2) is 47.7 Å². The van der Waals surface area contributed by atoms with E-state index in [1.165, 1.54) is 6.07 Å². The number of carbonyl (C=O) groups is 1. The second-order valence-corrected chi connectivity index (χ2v) is 7.41. The number of anilines is 2. The van der Waals surface area contributed by atoms with Gasteiger partial charge in [-0.15, -0.1) is 0 Å². The Bertz CT molecular complexity index is 864. The third kappa shape index (κ3) is 5.90. The summed E-state index contributed by atoms with van der Waals surface area (Å²) in [5.41, 5.74) is 1.31. The SMILES string of the molecule is CC1CN(c2ccc(CNC(=O)CCNc3ccccc3[N+](=O)[O-])cn2)CC(C)O1. The molecule has 1 aliphatic rings. The minimum absolute atomic E-state index is 0.00636. The fourth-order valence-electron chi connectivity index (χ4n) is 3.46. The summed E-state index contributed by atoms with van der Waals surface area (Å²) >= 11 is 0. The quantitative estimate of drug-likeness (QED) is 0.506. The van der Waals surface area contributed by atoms with Gasteiger partial charge in [-0.2, -0.15) is 0 Å². The number of nitro benzene ring substituents is 1. The lowest BCUT2D eigenvalue weighted by molar-refractivity contribution is -0.384. The van der Waals surface area contributed by atoms with Gasteiger partial charge in [0.15, 0.2) is 0 Å². The van der Waals surface area contributed by atoms with Gasteiger partial charge in [0.2, 0.25) is 5.91 Å². The first-order chi connectivity index (χ1) is 14.4. The van der Waals surface area contributed by atoms with Crippen LogP contribution < -0.4 is 15.5 Å². The van der Waals surface area contributed by atoms with Crippen molar-refractivity contribution < 1.29 is 14.5 Å². The summed E-state index contributed by atoms with van der Waals surface area (Å²) in [4.78, 5) is 29.4. The zero-order valence-electron chi connectivity index (χ0n) is 17.2. The lowest BCUT2D eigenvalue weighted by Gasteiger charge is -2.36. The number of nitro groups is 1. The number of para-hydroxylation sites is 2. The molecule has 1 aliphatic heterocycles. The van der Waals surface area contributed by atoms with Crippen LogP contribution in [0.1, 0.15) is 25.8 Å². The minimum Gasteiger partial charge on any atom is -0.379 e. The molecule has 2 atom stereocenters. The van der Waals surface area contributed by atoms with E-state index in [1.807, 2.05) is 12.1 Å². The Morgan fingerprint density at radius 2 is 1.97 bits per heavy atom. The highest BCUT2D eigenvalue weighted by molar-refractivity contribution is 5.76. The highest BCUT2D eigenvalue weighted by Gasteiger charge is 2.23. The van der Waals surface area contributed by atoms with Crippen LogP contribution in [0.2, 0.25) is 0 Å². The Labute approximate surface area is 175 Å². The highest BCUT2D eigenvalue weighted by Crippen LogP contribution is 2.23. The van der Waals surface area contributed by atoms with Gasteiger partial charge < -0.3 is 20.3 Å². The number of carbonyl (C=O) groups excluding carboxylic acids is 1. The molecule has 2 heterocycles. The van der Waals surface area contributed by atoms with Crippen LogP contribution in [0.25, 0.3) is 0 Å². The lowest BCUT2D eigenvalue weighted by Crippen LogP contribution is -2.45. The number of nitrogens with zero attached hydrogens (tertiary/aromatic N) is 3. The molecule has 1 saturated heterocycles. The number of morpholine rings is 1. The predicted molar refractivity (Wildman–Crippen MR) is 115 cm³/mol. The number of benzene rings is 1. The summed E-state index contributed by atoms with van der Waals surface area (Å²) in [5.74, 6) is 0.765.